The molecular formula is C18H34O4. The van der Waals surface area contributed by atoms with Crippen molar-refractivity contribution in [3.05, 3.63) is 23.3 Å². The van der Waals surface area contributed by atoms with Gasteiger partial charge in [-0.3, -0.25) is 0 Å². The Hall–Kier alpha value is -1.26. The number of rotatable bonds is 8. The lowest BCUT2D eigenvalue weighted by Gasteiger charge is -2.16. The van der Waals surface area contributed by atoms with Gasteiger partial charge in [0.15, 0.2) is 11.5 Å². The van der Waals surface area contributed by atoms with Crippen molar-refractivity contribution < 1.29 is 18.9 Å². The molecule has 1 aromatic carbocycles. The van der Waals surface area contributed by atoms with E-state index in [2.05, 4.69) is 0 Å². The maximum Gasteiger partial charge on any atom is 0.164 e. The van der Waals surface area contributed by atoms with E-state index in [1.165, 1.54) is 0 Å². The third kappa shape index (κ3) is 8.90. The van der Waals surface area contributed by atoms with Crippen LogP contribution < -0.4 is 9.47 Å². The van der Waals surface area contributed by atoms with Crippen LogP contribution in [0.25, 0.3) is 0 Å². The fourth-order valence-electron chi connectivity index (χ4n) is 1.57. The monoisotopic (exact) mass is 314 g/mol. The molecule has 0 aliphatic rings. The van der Waals surface area contributed by atoms with Crippen LogP contribution in [0.15, 0.2) is 12.1 Å². The second kappa shape index (κ2) is 16.1. The predicted molar refractivity (Wildman–Crippen MR) is 93.4 cm³/mol. The third-order valence-corrected chi connectivity index (χ3v) is 2.57. The van der Waals surface area contributed by atoms with Crippen LogP contribution in [0.2, 0.25) is 0 Å². The Kier molecular flexibility index (Phi) is 16.9. The van der Waals surface area contributed by atoms with Crippen LogP contribution in [0.3, 0.4) is 0 Å². The summed E-state index contributed by atoms with van der Waals surface area (Å²) >= 11 is 0. The first kappa shape index (κ1) is 23.0. The summed E-state index contributed by atoms with van der Waals surface area (Å²) in [7, 11) is 3.31. The Labute approximate surface area is 136 Å². The highest BCUT2D eigenvalue weighted by Crippen LogP contribution is 2.34. The molecule has 0 saturated carbocycles. The minimum atomic E-state index is 0.515. The number of hydrogen-bond acceptors (Lipinski definition) is 4. The molecule has 0 fully saturated rings. The maximum atomic E-state index is 5.73. The van der Waals surface area contributed by atoms with Gasteiger partial charge in [0.2, 0.25) is 0 Å². The average molecular weight is 314 g/mol. The lowest BCUT2D eigenvalue weighted by molar-refractivity contribution is 0.131. The first-order valence-corrected chi connectivity index (χ1v) is 8.04. The molecule has 130 valence electrons. The van der Waals surface area contributed by atoms with Crippen LogP contribution >= 0.6 is 0 Å². The summed E-state index contributed by atoms with van der Waals surface area (Å²) in [6.45, 7) is 14.2. The van der Waals surface area contributed by atoms with Crippen LogP contribution in [0.1, 0.15) is 38.8 Å². The minimum Gasteiger partial charge on any atom is -0.487 e. The van der Waals surface area contributed by atoms with Crippen molar-refractivity contribution >= 4 is 0 Å². The van der Waals surface area contributed by atoms with Crippen LogP contribution in [0, 0.1) is 13.8 Å². The van der Waals surface area contributed by atoms with Gasteiger partial charge >= 0.3 is 0 Å². The van der Waals surface area contributed by atoms with E-state index in [1.54, 1.807) is 14.2 Å². The summed E-state index contributed by atoms with van der Waals surface area (Å²) in [5.41, 5.74) is 2.12. The van der Waals surface area contributed by atoms with Crippen LogP contribution in [0.4, 0.5) is 0 Å². The average Bonchev–Trinajstić information content (AvgIpc) is 2.57. The van der Waals surface area contributed by atoms with Gasteiger partial charge < -0.3 is 18.9 Å². The van der Waals surface area contributed by atoms with Crippen LogP contribution in [-0.4, -0.2) is 40.6 Å². The number of aryl methyl sites for hydroxylation is 2. The highest BCUT2D eigenvalue weighted by atomic mass is 16.5. The first-order valence-electron chi connectivity index (χ1n) is 8.04. The number of benzene rings is 1. The topological polar surface area (TPSA) is 36.9 Å². The normalized spacial score (nSPS) is 9.09. The molecule has 0 saturated heterocycles. The molecule has 22 heavy (non-hydrogen) atoms. The van der Waals surface area contributed by atoms with E-state index in [0.29, 0.717) is 26.4 Å². The van der Waals surface area contributed by atoms with Gasteiger partial charge in [-0.05, 0) is 25.0 Å². The fraction of sp³-hybridized carbons (Fsp3) is 0.667. The highest BCUT2D eigenvalue weighted by Gasteiger charge is 2.11. The summed E-state index contributed by atoms with van der Waals surface area (Å²) in [5, 5.41) is 0. The Morgan fingerprint density at radius 2 is 0.955 bits per heavy atom. The van der Waals surface area contributed by atoms with Gasteiger partial charge in [-0.15, -0.1) is 0 Å². The predicted octanol–water partition coefficient (Wildman–Crippen LogP) is 4.41. The number of methoxy groups -OCH3 is 2. The second-order valence-electron chi connectivity index (χ2n) is 4.04. The Balaban J connectivity index is 0. The largest absolute Gasteiger partial charge is 0.487 e. The molecule has 0 aromatic heterocycles. The molecule has 0 atom stereocenters. The summed E-state index contributed by atoms with van der Waals surface area (Å²) in [6, 6.07) is 4.06. The van der Waals surface area contributed by atoms with Crippen molar-refractivity contribution in [2.45, 2.75) is 41.5 Å². The molecule has 0 aliphatic heterocycles. The van der Waals surface area contributed by atoms with E-state index in [4.69, 9.17) is 18.9 Å². The van der Waals surface area contributed by atoms with Gasteiger partial charge in [-0.1, -0.05) is 39.8 Å². The van der Waals surface area contributed by atoms with Crippen molar-refractivity contribution in [2.75, 3.05) is 40.6 Å². The molecule has 4 heteroatoms. The molecule has 1 rings (SSSR count). The van der Waals surface area contributed by atoms with Crippen molar-refractivity contribution in [1.29, 1.82) is 0 Å². The lowest BCUT2D eigenvalue weighted by Crippen LogP contribution is -2.10. The molecule has 1 aromatic rings. The van der Waals surface area contributed by atoms with Gasteiger partial charge in [-0.2, -0.15) is 0 Å². The molecule has 0 N–H and O–H groups in total. The Bertz CT molecular complexity index is 329. The van der Waals surface area contributed by atoms with Gasteiger partial charge in [0.25, 0.3) is 0 Å². The molecule has 0 unspecified atom stereocenters. The minimum absolute atomic E-state index is 0.515. The van der Waals surface area contributed by atoms with E-state index in [-0.39, 0.29) is 0 Å². The number of hydrogen-bond donors (Lipinski definition) is 0. The van der Waals surface area contributed by atoms with E-state index in [1.807, 2.05) is 53.7 Å². The van der Waals surface area contributed by atoms with Gasteiger partial charge in [0.1, 0.15) is 13.2 Å². The Morgan fingerprint density at radius 3 is 1.23 bits per heavy atom. The van der Waals surface area contributed by atoms with E-state index in [9.17, 15) is 0 Å². The molecular weight excluding hydrogens is 280 g/mol. The second-order valence-corrected chi connectivity index (χ2v) is 4.04. The zero-order chi connectivity index (χ0) is 17.4. The maximum absolute atomic E-state index is 5.73. The molecule has 0 spiro atoms. The molecule has 0 heterocycles. The quantitative estimate of drug-likeness (QED) is 0.666. The summed E-state index contributed by atoms with van der Waals surface area (Å²) in [4.78, 5) is 0. The summed E-state index contributed by atoms with van der Waals surface area (Å²) in [5.74, 6) is 1.59. The first-order chi connectivity index (χ1) is 10.7. The zero-order valence-corrected chi connectivity index (χ0v) is 15.6. The zero-order valence-electron chi connectivity index (χ0n) is 15.6. The molecule has 0 bridgehead atoms. The summed E-state index contributed by atoms with van der Waals surface area (Å²) in [6.07, 6.45) is 0. The molecule has 0 aliphatic carbocycles. The van der Waals surface area contributed by atoms with Crippen LogP contribution in [-0.2, 0) is 9.47 Å². The van der Waals surface area contributed by atoms with Gasteiger partial charge in [-0.25, -0.2) is 0 Å². The van der Waals surface area contributed by atoms with Crippen molar-refractivity contribution in [2.24, 2.45) is 0 Å². The Morgan fingerprint density at radius 1 is 0.636 bits per heavy atom. The van der Waals surface area contributed by atoms with E-state index < -0.39 is 0 Å². The molecule has 0 amide bonds. The molecule has 4 nitrogen and oxygen atoms in total. The number of ether oxygens (including phenoxy) is 4. The van der Waals surface area contributed by atoms with Gasteiger partial charge in [0, 0.05) is 14.2 Å². The standard InChI is InChI=1S/C14H22O4.2C2H6/c1-11-5-6-12(2)14(18-10-8-16-4)13(11)17-9-7-15-3;2*1-2/h5-6H,7-10H2,1-4H3;2*1-2H3. The summed E-state index contributed by atoms with van der Waals surface area (Å²) < 4.78 is 21.4. The van der Waals surface area contributed by atoms with E-state index >= 15 is 0 Å². The van der Waals surface area contributed by atoms with E-state index in [0.717, 1.165) is 22.6 Å². The van der Waals surface area contributed by atoms with Crippen molar-refractivity contribution in [3.8, 4) is 11.5 Å². The lowest BCUT2D eigenvalue weighted by atomic mass is 10.1. The molecule has 0 radical (unpaired) electrons. The van der Waals surface area contributed by atoms with Crippen molar-refractivity contribution in [3.63, 3.8) is 0 Å². The fourth-order valence-corrected chi connectivity index (χ4v) is 1.57. The van der Waals surface area contributed by atoms with Crippen LogP contribution in [0.5, 0.6) is 11.5 Å². The smallest absolute Gasteiger partial charge is 0.164 e. The van der Waals surface area contributed by atoms with Gasteiger partial charge in [0.05, 0.1) is 13.2 Å². The highest BCUT2D eigenvalue weighted by molar-refractivity contribution is 5.51. The SMILES string of the molecule is CC.CC.COCCOc1c(C)ccc(C)c1OCCOC. The van der Waals surface area contributed by atoms with Crippen molar-refractivity contribution in [1.82, 2.24) is 0 Å². The third-order valence-electron chi connectivity index (χ3n) is 2.57.